The number of benzene rings is 1. The Morgan fingerprint density at radius 3 is 2.16 bits per heavy atom. The molecule has 1 saturated heterocycles. The maximum atomic E-state index is 12.3. The number of carbonyl (C=O) groups excluding carboxylic acids is 1. The van der Waals surface area contributed by atoms with Crippen LogP contribution in [0.15, 0.2) is 30.3 Å². The molecule has 0 aromatic heterocycles. The smallest absolute Gasteiger partial charge is 0.410 e. The van der Waals surface area contributed by atoms with Crippen molar-refractivity contribution in [2.75, 3.05) is 20.2 Å². The Kier molecular flexibility index (Phi) is 11.1. The van der Waals surface area contributed by atoms with Gasteiger partial charge in [0.2, 0.25) is 0 Å². The number of hydrogen-bond donors (Lipinski definition) is 3. The standard InChI is InChI=1S/C19H30N2O3.C4H6O4/c1-14(15-9-7-6-8-10-15)20-16-11-12-21(13-17(16)23-5)18(22)24-19(2,3)4;5-3(6)1-2-4(7)8/h6-10,14,16-17,20H,11-13H2,1-5H3;1-2H2,(H,5,6)(H,7,8)/t14-,16-,17+;/m1./s1. The van der Waals surface area contributed by atoms with Gasteiger partial charge in [0, 0.05) is 25.7 Å². The number of nitrogens with one attached hydrogen (secondary N) is 1. The van der Waals surface area contributed by atoms with E-state index in [1.54, 1.807) is 12.0 Å². The zero-order chi connectivity index (χ0) is 24.3. The Bertz CT molecular complexity index is 720. The summed E-state index contributed by atoms with van der Waals surface area (Å²) in [5, 5.41) is 19.4. The number of methoxy groups -OCH3 is 1. The van der Waals surface area contributed by atoms with Crippen molar-refractivity contribution in [2.45, 2.75) is 70.7 Å². The van der Waals surface area contributed by atoms with Crippen molar-refractivity contribution in [3.8, 4) is 0 Å². The molecule has 1 aliphatic heterocycles. The average molecular weight is 453 g/mol. The molecular weight excluding hydrogens is 416 g/mol. The Morgan fingerprint density at radius 1 is 1.12 bits per heavy atom. The number of carbonyl (C=O) groups is 3. The monoisotopic (exact) mass is 452 g/mol. The summed E-state index contributed by atoms with van der Waals surface area (Å²) in [6, 6.07) is 10.8. The van der Waals surface area contributed by atoms with Crippen LogP contribution in [0.5, 0.6) is 0 Å². The number of likely N-dealkylation sites (tertiary alicyclic amines) is 1. The van der Waals surface area contributed by atoms with E-state index in [2.05, 4.69) is 24.4 Å². The number of ether oxygens (including phenoxy) is 2. The van der Waals surface area contributed by atoms with Gasteiger partial charge in [0.25, 0.3) is 0 Å². The highest BCUT2D eigenvalue weighted by molar-refractivity contribution is 5.75. The van der Waals surface area contributed by atoms with Gasteiger partial charge in [0.15, 0.2) is 0 Å². The van der Waals surface area contributed by atoms with Crippen LogP contribution < -0.4 is 5.32 Å². The van der Waals surface area contributed by atoms with E-state index < -0.39 is 17.5 Å². The maximum absolute atomic E-state index is 12.3. The summed E-state index contributed by atoms with van der Waals surface area (Å²) >= 11 is 0. The number of hydrogen-bond acceptors (Lipinski definition) is 6. The molecule has 9 nitrogen and oxygen atoms in total. The Balaban J connectivity index is 0.000000547. The Morgan fingerprint density at radius 2 is 1.69 bits per heavy atom. The van der Waals surface area contributed by atoms with E-state index in [1.165, 1.54) is 5.56 Å². The summed E-state index contributed by atoms with van der Waals surface area (Å²) in [6.45, 7) is 9.03. The van der Waals surface area contributed by atoms with E-state index in [4.69, 9.17) is 19.7 Å². The van der Waals surface area contributed by atoms with Crippen molar-refractivity contribution in [1.29, 1.82) is 0 Å². The molecule has 0 spiro atoms. The summed E-state index contributed by atoms with van der Waals surface area (Å²) in [5.41, 5.74) is 0.776. The largest absolute Gasteiger partial charge is 0.481 e. The van der Waals surface area contributed by atoms with Crippen LogP contribution in [0, 0.1) is 0 Å². The maximum Gasteiger partial charge on any atom is 0.410 e. The number of carboxylic acids is 2. The van der Waals surface area contributed by atoms with Gasteiger partial charge in [-0.15, -0.1) is 0 Å². The molecule has 3 N–H and O–H groups in total. The first-order valence-corrected chi connectivity index (χ1v) is 10.7. The van der Waals surface area contributed by atoms with Gasteiger partial charge >= 0.3 is 18.0 Å². The molecule has 1 amide bonds. The lowest BCUT2D eigenvalue weighted by molar-refractivity contribution is -0.143. The SMILES string of the molecule is CO[C@H]1CN(C(=O)OC(C)(C)C)CC[C@H]1N[C@H](C)c1ccccc1.O=C(O)CCC(=O)O. The van der Waals surface area contributed by atoms with Crippen LogP contribution in [-0.4, -0.2) is 71.1 Å². The molecule has 9 heteroatoms. The number of nitrogens with zero attached hydrogens (tertiary/aromatic N) is 1. The topological polar surface area (TPSA) is 125 Å². The molecule has 0 radical (unpaired) electrons. The van der Waals surface area contributed by atoms with E-state index >= 15 is 0 Å². The number of rotatable bonds is 7. The van der Waals surface area contributed by atoms with E-state index in [0.29, 0.717) is 13.1 Å². The van der Waals surface area contributed by atoms with Gasteiger partial charge in [0.1, 0.15) is 5.60 Å². The summed E-state index contributed by atoms with van der Waals surface area (Å²) < 4.78 is 11.1. The van der Waals surface area contributed by atoms with Crippen LogP contribution >= 0.6 is 0 Å². The quantitative estimate of drug-likeness (QED) is 0.575. The highest BCUT2D eigenvalue weighted by Gasteiger charge is 2.34. The summed E-state index contributed by atoms with van der Waals surface area (Å²) in [4.78, 5) is 33.3. The first-order valence-electron chi connectivity index (χ1n) is 10.7. The van der Waals surface area contributed by atoms with Gasteiger partial charge in [-0.25, -0.2) is 4.79 Å². The minimum atomic E-state index is -1.08. The van der Waals surface area contributed by atoms with E-state index in [-0.39, 0.29) is 37.1 Å². The van der Waals surface area contributed by atoms with Gasteiger partial charge < -0.3 is 29.9 Å². The van der Waals surface area contributed by atoms with E-state index in [0.717, 1.165) is 6.42 Å². The zero-order valence-corrected chi connectivity index (χ0v) is 19.5. The van der Waals surface area contributed by atoms with Crippen molar-refractivity contribution in [3.63, 3.8) is 0 Å². The second-order valence-corrected chi connectivity index (χ2v) is 8.68. The fourth-order valence-corrected chi connectivity index (χ4v) is 3.21. The number of amides is 1. The van der Waals surface area contributed by atoms with Crippen molar-refractivity contribution in [3.05, 3.63) is 35.9 Å². The number of piperidine rings is 1. The average Bonchev–Trinajstić information content (AvgIpc) is 2.72. The summed E-state index contributed by atoms with van der Waals surface area (Å²) in [5.74, 6) is -2.15. The molecule has 0 bridgehead atoms. The molecule has 3 atom stereocenters. The van der Waals surface area contributed by atoms with Crippen LogP contribution in [0.3, 0.4) is 0 Å². The molecule has 0 aliphatic carbocycles. The van der Waals surface area contributed by atoms with E-state index in [1.807, 2.05) is 39.0 Å². The minimum absolute atomic E-state index is 0.0440. The third-order valence-corrected chi connectivity index (χ3v) is 4.83. The molecule has 32 heavy (non-hydrogen) atoms. The molecule has 1 aliphatic rings. The molecule has 1 fully saturated rings. The fourth-order valence-electron chi connectivity index (χ4n) is 3.21. The van der Waals surface area contributed by atoms with Gasteiger partial charge in [-0.05, 0) is 39.7 Å². The first kappa shape index (κ1) is 27.4. The van der Waals surface area contributed by atoms with Crippen molar-refractivity contribution >= 4 is 18.0 Å². The van der Waals surface area contributed by atoms with Gasteiger partial charge in [-0.2, -0.15) is 0 Å². The highest BCUT2D eigenvalue weighted by atomic mass is 16.6. The van der Waals surface area contributed by atoms with Crippen molar-refractivity contribution < 1.29 is 34.1 Å². The lowest BCUT2D eigenvalue weighted by Crippen LogP contribution is -2.55. The second-order valence-electron chi connectivity index (χ2n) is 8.68. The van der Waals surface area contributed by atoms with Gasteiger partial charge in [-0.3, -0.25) is 9.59 Å². The number of carboxylic acid groups (broad SMARTS) is 2. The van der Waals surface area contributed by atoms with Crippen molar-refractivity contribution in [2.24, 2.45) is 0 Å². The van der Waals surface area contributed by atoms with Gasteiger partial charge in [0.05, 0.1) is 25.5 Å². The molecule has 1 aromatic rings. The van der Waals surface area contributed by atoms with Crippen molar-refractivity contribution in [1.82, 2.24) is 10.2 Å². The minimum Gasteiger partial charge on any atom is -0.481 e. The number of aliphatic carboxylic acids is 2. The molecule has 2 rings (SSSR count). The molecule has 180 valence electrons. The van der Waals surface area contributed by atoms with E-state index in [9.17, 15) is 14.4 Å². The highest BCUT2D eigenvalue weighted by Crippen LogP contribution is 2.21. The third-order valence-electron chi connectivity index (χ3n) is 4.83. The molecule has 0 saturated carbocycles. The molecule has 0 unspecified atom stereocenters. The third kappa shape index (κ3) is 10.6. The van der Waals surface area contributed by atoms with Crippen LogP contribution in [-0.2, 0) is 19.1 Å². The van der Waals surface area contributed by atoms with Gasteiger partial charge in [-0.1, -0.05) is 30.3 Å². The van der Waals surface area contributed by atoms with Crippen LogP contribution in [0.1, 0.15) is 58.6 Å². The predicted octanol–water partition coefficient (Wildman–Crippen LogP) is 3.30. The lowest BCUT2D eigenvalue weighted by atomic mass is 9.99. The zero-order valence-electron chi connectivity index (χ0n) is 19.5. The fraction of sp³-hybridized carbons (Fsp3) is 0.609. The van der Waals surface area contributed by atoms with Crippen LogP contribution in [0.4, 0.5) is 4.79 Å². The van der Waals surface area contributed by atoms with Crippen LogP contribution in [0.2, 0.25) is 0 Å². The Hall–Kier alpha value is -2.65. The lowest BCUT2D eigenvalue weighted by Gasteiger charge is -2.39. The summed E-state index contributed by atoms with van der Waals surface area (Å²) in [6.07, 6.45) is -0.0592. The molecule has 1 aromatic carbocycles. The predicted molar refractivity (Wildman–Crippen MR) is 120 cm³/mol. The first-order chi connectivity index (χ1) is 14.9. The normalized spacial score (nSPS) is 19.3. The van der Waals surface area contributed by atoms with Crippen LogP contribution in [0.25, 0.3) is 0 Å². The summed E-state index contributed by atoms with van der Waals surface area (Å²) in [7, 11) is 1.70. The molecule has 1 heterocycles. The Labute approximate surface area is 189 Å². The second kappa shape index (κ2) is 13.0. The molecular formula is C23H36N2O7.